The van der Waals surface area contributed by atoms with Gasteiger partial charge in [0.05, 0.1) is 18.5 Å². The number of aromatic nitrogens is 2. The normalized spacial score (nSPS) is 22.8. The molecule has 2 aliphatic heterocycles. The van der Waals surface area contributed by atoms with Gasteiger partial charge in [-0.25, -0.2) is 19.4 Å². The maximum Gasteiger partial charge on any atom is 0.178 e. The summed E-state index contributed by atoms with van der Waals surface area (Å²) < 4.78 is 19.0. The summed E-state index contributed by atoms with van der Waals surface area (Å²) >= 11 is 0. The van der Waals surface area contributed by atoms with Gasteiger partial charge in [0.25, 0.3) is 0 Å². The van der Waals surface area contributed by atoms with E-state index >= 15 is 0 Å². The third kappa shape index (κ3) is 3.74. The lowest BCUT2D eigenvalue weighted by Crippen LogP contribution is -2.54. The number of benzene rings is 1. The first-order valence-electron chi connectivity index (χ1n) is 9.21. The third-order valence-corrected chi connectivity index (χ3v) is 5.04. The van der Waals surface area contributed by atoms with Crippen molar-refractivity contribution < 1.29 is 9.13 Å². The Hall–Kier alpha value is -2.84. The largest absolute Gasteiger partial charge is 0.496 e. The predicted octanol–water partition coefficient (Wildman–Crippen LogP) is 1.80. The second kappa shape index (κ2) is 8.04. The van der Waals surface area contributed by atoms with Crippen LogP contribution in [0.4, 0.5) is 4.39 Å². The molecule has 0 bridgehead atoms. The highest BCUT2D eigenvalue weighted by molar-refractivity contribution is 6.07. The minimum Gasteiger partial charge on any atom is -0.496 e. The van der Waals surface area contributed by atoms with E-state index in [-0.39, 0.29) is 18.1 Å². The number of nitrogens with one attached hydrogen (secondary N) is 1. The van der Waals surface area contributed by atoms with Gasteiger partial charge in [-0.15, -0.1) is 0 Å². The van der Waals surface area contributed by atoms with Crippen molar-refractivity contribution in [2.24, 2.45) is 4.99 Å². The number of rotatable bonds is 4. The van der Waals surface area contributed by atoms with Crippen molar-refractivity contribution in [2.75, 3.05) is 33.8 Å². The first-order chi connectivity index (χ1) is 13.7. The van der Waals surface area contributed by atoms with Crippen LogP contribution in [0, 0.1) is 5.82 Å². The highest BCUT2D eigenvalue weighted by Gasteiger charge is 2.30. The maximum atomic E-state index is 13.6. The summed E-state index contributed by atoms with van der Waals surface area (Å²) in [6.45, 7) is 2.38. The lowest BCUT2D eigenvalue weighted by atomic mass is 10.0. The zero-order chi connectivity index (χ0) is 19.5. The standard InChI is InChI=1S/C20H23FN6O/c1-26-9-6-17(16-5-7-22-13-24-16)25-20(26)27-10-8-23-18(12-27)15-4-3-14(21)11-19(15)28-2/h3-7,9,11,13,18,20,23H,8,10,12H2,1-2H3. The van der Waals surface area contributed by atoms with Crippen LogP contribution in [0.1, 0.15) is 17.3 Å². The Balaban J connectivity index is 1.57. The molecule has 8 heteroatoms. The molecule has 1 aromatic carbocycles. The number of methoxy groups -OCH3 is 1. The van der Waals surface area contributed by atoms with Gasteiger partial charge in [0, 0.05) is 56.8 Å². The number of hydrogen-bond donors (Lipinski definition) is 1. The van der Waals surface area contributed by atoms with Crippen molar-refractivity contribution in [3.63, 3.8) is 0 Å². The van der Waals surface area contributed by atoms with Crippen LogP contribution in [-0.4, -0.2) is 65.6 Å². The van der Waals surface area contributed by atoms with E-state index in [2.05, 4.69) is 25.1 Å². The molecule has 1 fully saturated rings. The highest BCUT2D eigenvalue weighted by atomic mass is 19.1. The summed E-state index contributed by atoms with van der Waals surface area (Å²) in [4.78, 5) is 17.6. The monoisotopic (exact) mass is 382 g/mol. The number of aliphatic imine (C=N–C) groups is 1. The molecule has 2 unspecified atom stereocenters. The van der Waals surface area contributed by atoms with Crippen LogP contribution in [0.5, 0.6) is 5.75 Å². The number of piperazine rings is 1. The molecule has 0 saturated carbocycles. The smallest absolute Gasteiger partial charge is 0.178 e. The van der Waals surface area contributed by atoms with Crippen LogP contribution in [0.25, 0.3) is 0 Å². The maximum absolute atomic E-state index is 13.6. The molecule has 2 aromatic rings. The number of allylic oxidation sites excluding steroid dienone is 1. The van der Waals surface area contributed by atoms with Gasteiger partial charge in [0.2, 0.25) is 0 Å². The van der Waals surface area contributed by atoms with Gasteiger partial charge in [-0.3, -0.25) is 4.90 Å². The van der Waals surface area contributed by atoms with E-state index in [0.29, 0.717) is 5.75 Å². The summed E-state index contributed by atoms with van der Waals surface area (Å²) in [6.07, 6.45) is 7.09. The summed E-state index contributed by atoms with van der Waals surface area (Å²) in [5.74, 6) is 0.255. The van der Waals surface area contributed by atoms with E-state index < -0.39 is 0 Å². The van der Waals surface area contributed by atoms with Gasteiger partial charge in [-0.1, -0.05) is 6.07 Å². The fourth-order valence-corrected chi connectivity index (χ4v) is 3.62. The molecule has 0 amide bonds. The Morgan fingerprint density at radius 3 is 2.96 bits per heavy atom. The summed E-state index contributed by atoms with van der Waals surface area (Å²) in [5, 5.41) is 3.51. The van der Waals surface area contributed by atoms with Gasteiger partial charge in [0.1, 0.15) is 17.9 Å². The second-order valence-electron chi connectivity index (χ2n) is 6.82. The molecule has 0 aliphatic carbocycles. The molecule has 1 N–H and O–H groups in total. The first-order valence-corrected chi connectivity index (χ1v) is 9.21. The van der Waals surface area contributed by atoms with Gasteiger partial charge >= 0.3 is 0 Å². The Labute approximate surface area is 163 Å². The van der Waals surface area contributed by atoms with Crippen LogP contribution < -0.4 is 10.1 Å². The number of halogens is 1. The molecule has 7 nitrogen and oxygen atoms in total. The molecule has 28 heavy (non-hydrogen) atoms. The van der Waals surface area contributed by atoms with Crippen molar-refractivity contribution in [1.29, 1.82) is 0 Å². The molecule has 0 radical (unpaired) electrons. The third-order valence-electron chi connectivity index (χ3n) is 5.04. The van der Waals surface area contributed by atoms with Crippen LogP contribution in [-0.2, 0) is 0 Å². The number of nitrogens with zero attached hydrogens (tertiary/aromatic N) is 5. The van der Waals surface area contributed by atoms with Crippen molar-refractivity contribution in [3.8, 4) is 5.75 Å². The number of hydrogen-bond acceptors (Lipinski definition) is 7. The minimum atomic E-state index is -0.301. The Bertz CT molecular complexity index is 888. The molecule has 1 saturated heterocycles. The zero-order valence-electron chi connectivity index (χ0n) is 15.9. The lowest BCUT2D eigenvalue weighted by molar-refractivity contribution is 0.0679. The zero-order valence-corrected chi connectivity index (χ0v) is 15.9. The lowest BCUT2D eigenvalue weighted by Gasteiger charge is -2.41. The van der Waals surface area contributed by atoms with Crippen molar-refractivity contribution >= 4 is 5.71 Å². The first kappa shape index (κ1) is 18.5. The Kier molecular flexibility index (Phi) is 5.31. The van der Waals surface area contributed by atoms with Crippen LogP contribution in [0.2, 0.25) is 0 Å². The average Bonchev–Trinajstić information content (AvgIpc) is 2.74. The minimum absolute atomic E-state index is 0.0290. The van der Waals surface area contributed by atoms with Crippen LogP contribution in [0.3, 0.4) is 0 Å². The number of ether oxygens (including phenoxy) is 1. The SMILES string of the molecule is COc1cc(F)ccc1C1CN(C2N=C(c3ccncn3)C=CN2C)CCN1. The molecule has 2 atom stereocenters. The van der Waals surface area contributed by atoms with Gasteiger partial charge < -0.3 is 15.0 Å². The summed E-state index contributed by atoms with van der Waals surface area (Å²) in [5.41, 5.74) is 2.58. The molecule has 1 aromatic heterocycles. The molecule has 4 rings (SSSR count). The average molecular weight is 382 g/mol. The Morgan fingerprint density at radius 1 is 1.29 bits per heavy atom. The molecule has 146 valence electrons. The fraction of sp³-hybridized carbons (Fsp3) is 0.350. The van der Waals surface area contributed by atoms with Gasteiger partial charge in [-0.05, 0) is 18.2 Å². The van der Waals surface area contributed by atoms with E-state index in [1.54, 1.807) is 19.4 Å². The van der Waals surface area contributed by atoms with E-state index in [0.717, 1.165) is 36.6 Å². The topological polar surface area (TPSA) is 65.9 Å². The molecule has 2 aliphatic rings. The molecular formula is C20H23FN6O. The van der Waals surface area contributed by atoms with E-state index in [1.165, 1.54) is 18.5 Å². The van der Waals surface area contributed by atoms with E-state index in [1.807, 2.05) is 25.4 Å². The summed E-state index contributed by atoms with van der Waals surface area (Å²) in [7, 11) is 3.58. The quantitative estimate of drug-likeness (QED) is 0.870. The second-order valence-corrected chi connectivity index (χ2v) is 6.82. The van der Waals surface area contributed by atoms with Crippen LogP contribution >= 0.6 is 0 Å². The van der Waals surface area contributed by atoms with Crippen molar-refractivity contribution in [3.05, 3.63) is 66.1 Å². The Morgan fingerprint density at radius 2 is 2.18 bits per heavy atom. The van der Waals surface area contributed by atoms with Crippen molar-refractivity contribution in [1.82, 2.24) is 25.1 Å². The summed E-state index contributed by atoms with van der Waals surface area (Å²) in [6, 6.07) is 6.57. The predicted molar refractivity (Wildman–Crippen MR) is 105 cm³/mol. The van der Waals surface area contributed by atoms with Gasteiger partial charge in [-0.2, -0.15) is 0 Å². The van der Waals surface area contributed by atoms with E-state index in [9.17, 15) is 4.39 Å². The van der Waals surface area contributed by atoms with Crippen molar-refractivity contribution in [2.45, 2.75) is 12.3 Å². The van der Waals surface area contributed by atoms with E-state index in [4.69, 9.17) is 9.73 Å². The van der Waals surface area contributed by atoms with Gasteiger partial charge in [0.15, 0.2) is 6.29 Å². The van der Waals surface area contributed by atoms with Crippen LogP contribution in [0.15, 0.2) is 54.1 Å². The fourth-order valence-electron chi connectivity index (χ4n) is 3.62. The molecular weight excluding hydrogens is 359 g/mol. The molecule has 0 spiro atoms. The molecule has 3 heterocycles. The highest BCUT2D eigenvalue weighted by Crippen LogP contribution is 2.29.